The van der Waals surface area contributed by atoms with Crippen LogP contribution in [-0.2, 0) is 16.0 Å². The van der Waals surface area contributed by atoms with E-state index >= 15 is 0 Å². The number of nitrogens with zero attached hydrogens (tertiary/aromatic N) is 2. The van der Waals surface area contributed by atoms with Gasteiger partial charge in [0.25, 0.3) is 0 Å². The van der Waals surface area contributed by atoms with Crippen molar-refractivity contribution in [3.05, 3.63) is 66.4 Å². The van der Waals surface area contributed by atoms with Crippen LogP contribution in [0.25, 0.3) is 11.3 Å². The van der Waals surface area contributed by atoms with E-state index in [1.54, 1.807) is 36.5 Å². The van der Waals surface area contributed by atoms with Crippen molar-refractivity contribution in [2.24, 2.45) is 0 Å². The maximum absolute atomic E-state index is 13.0. The van der Waals surface area contributed by atoms with Crippen molar-refractivity contribution in [3.63, 3.8) is 0 Å². The third-order valence-electron chi connectivity index (χ3n) is 4.31. The second-order valence-corrected chi connectivity index (χ2v) is 6.17. The van der Waals surface area contributed by atoms with Gasteiger partial charge in [0.2, 0.25) is 11.8 Å². The number of aryl methyl sites for hydroxylation is 1. The fourth-order valence-corrected chi connectivity index (χ4v) is 2.98. The lowest BCUT2D eigenvalue weighted by Gasteiger charge is -2.29. The molecule has 0 bridgehead atoms. The summed E-state index contributed by atoms with van der Waals surface area (Å²) in [5, 5.41) is 2.75. The van der Waals surface area contributed by atoms with Crippen molar-refractivity contribution in [2.75, 3.05) is 16.8 Å². The van der Waals surface area contributed by atoms with Gasteiger partial charge in [0.05, 0.1) is 17.6 Å². The van der Waals surface area contributed by atoms with Crippen LogP contribution in [-0.4, -0.2) is 23.3 Å². The highest BCUT2D eigenvalue weighted by Gasteiger charge is 2.26. The number of halogens is 1. The van der Waals surface area contributed by atoms with E-state index in [9.17, 15) is 14.0 Å². The summed E-state index contributed by atoms with van der Waals surface area (Å²) in [4.78, 5) is 30.1. The minimum absolute atomic E-state index is 0.0116. The number of hydrogen-bond acceptors (Lipinski definition) is 4. The van der Waals surface area contributed by atoms with E-state index in [-0.39, 0.29) is 30.6 Å². The van der Waals surface area contributed by atoms with E-state index in [0.717, 1.165) is 0 Å². The van der Waals surface area contributed by atoms with E-state index in [1.807, 2.05) is 6.07 Å². The molecule has 136 valence electrons. The molecule has 0 radical (unpaired) electrons. The Labute approximate surface area is 154 Å². The highest BCUT2D eigenvalue weighted by molar-refractivity contribution is 6.09. The standard InChI is InChI=1S/C20H16FN3O3/c21-14-7-5-13(6-8-14)17-11-22-19(27-17)9-10-20(26)24-12-18(25)23-15-3-1-2-4-16(15)24/h1-8,11H,9-10,12H2,(H,23,25). The number of oxazole rings is 1. The second kappa shape index (κ2) is 7.03. The first kappa shape index (κ1) is 17.0. The number of rotatable bonds is 4. The number of nitrogens with one attached hydrogen (secondary N) is 1. The largest absolute Gasteiger partial charge is 0.441 e. The molecule has 0 unspecified atom stereocenters. The monoisotopic (exact) mass is 365 g/mol. The smallest absolute Gasteiger partial charge is 0.244 e. The number of anilines is 2. The van der Waals surface area contributed by atoms with Crippen molar-refractivity contribution < 1.29 is 18.4 Å². The van der Waals surface area contributed by atoms with Crippen LogP contribution in [0.2, 0.25) is 0 Å². The normalized spacial score (nSPS) is 13.2. The first-order valence-corrected chi connectivity index (χ1v) is 8.50. The zero-order chi connectivity index (χ0) is 18.8. The van der Waals surface area contributed by atoms with Gasteiger partial charge in [0.1, 0.15) is 12.4 Å². The summed E-state index contributed by atoms with van der Waals surface area (Å²) < 4.78 is 18.7. The minimum Gasteiger partial charge on any atom is -0.441 e. The Bertz CT molecular complexity index is 998. The van der Waals surface area contributed by atoms with E-state index in [4.69, 9.17) is 4.42 Å². The molecule has 0 saturated heterocycles. The van der Waals surface area contributed by atoms with Gasteiger partial charge in [0, 0.05) is 18.4 Å². The number of aromatic nitrogens is 1. The predicted molar refractivity (Wildman–Crippen MR) is 97.6 cm³/mol. The Morgan fingerprint density at radius 2 is 1.96 bits per heavy atom. The summed E-state index contributed by atoms with van der Waals surface area (Å²) in [7, 11) is 0. The number of amides is 2. The zero-order valence-electron chi connectivity index (χ0n) is 14.3. The van der Waals surface area contributed by atoms with E-state index in [2.05, 4.69) is 10.3 Å². The third-order valence-corrected chi connectivity index (χ3v) is 4.31. The predicted octanol–water partition coefficient (Wildman–Crippen LogP) is 3.40. The summed E-state index contributed by atoms with van der Waals surface area (Å²) in [6.07, 6.45) is 2.02. The molecule has 0 saturated carbocycles. The number of carbonyl (C=O) groups excluding carboxylic acids is 2. The van der Waals surface area contributed by atoms with Gasteiger partial charge >= 0.3 is 0 Å². The number of hydrogen-bond donors (Lipinski definition) is 1. The Kier molecular flexibility index (Phi) is 4.42. The molecule has 1 aromatic heterocycles. The molecule has 1 aliphatic rings. The molecule has 0 fully saturated rings. The van der Waals surface area contributed by atoms with Crippen molar-refractivity contribution in [1.29, 1.82) is 0 Å². The zero-order valence-corrected chi connectivity index (χ0v) is 14.3. The van der Waals surface area contributed by atoms with Gasteiger partial charge in [-0.3, -0.25) is 9.59 Å². The molecular weight excluding hydrogens is 349 g/mol. The molecule has 2 aromatic carbocycles. The molecule has 3 aromatic rings. The highest BCUT2D eigenvalue weighted by Crippen LogP contribution is 2.29. The van der Waals surface area contributed by atoms with Gasteiger partial charge in [-0.2, -0.15) is 0 Å². The molecule has 7 heteroatoms. The third kappa shape index (κ3) is 3.57. The lowest BCUT2D eigenvalue weighted by molar-refractivity contribution is -0.121. The fourth-order valence-electron chi connectivity index (χ4n) is 2.98. The highest BCUT2D eigenvalue weighted by atomic mass is 19.1. The van der Waals surface area contributed by atoms with E-state index < -0.39 is 0 Å². The molecule has 4 rings (SSSR count). The molecule has 2 heterocycles. The number of carbonyl (C=O) groups is 2. The maximum atomic E-state index is 13.0. The summed E-state index contributed by atoms with van der Waals surface area (Å²) in [5.41, 5.74) is 2.02. The Hall–Kier alpha value is -3.48. The quantitative estimate of drug-likeness (QED) is 0.769. The first-order valence-electron chi connectivity index (χ1n) is 8.50. The molecule has 6 nitrogen and oxygen atoms in total. The summed E-state index contributed by atoms with van der Waals surface area (Å²) in [5.74, 6) is 0.197. The topological polar surface area (TPSA) is 75.4 Å². The molecule has 27 heavy (non-hydrogen) atoms. The average Bonchev–Trinajstić information content (AvgIpc) is 3.15. The molecule has 1 aliphatic heterocycles. The van der Waals surface area contributed by atoms with Crippen LogP contribution in [0.4, 0.5) is 15.8 Å². The van der Waals surface area contributed by atoms with Gasteiger partial charge in [-0.25, -0.2) is 9.37 Å². The molecule has 0 spiro atoms. The molecule has 2 amide bonds. The number of benzene rings is 2. The van der Waals surface area contributed by atoms with Gasteiger partial charge < -0.3 is 14.6 Å². The summed E-state index contributed by atoms with van der Waals surface area (Å²) in [6.45, 7) is -0.0116. The lowest BCUT2D eigenvalue weighted by atomic mass is 10.1. The first-order chi connectivity index (χ1) is 13.1. The Balaban J connectivity index is 1.44. The van der Waals surface area contributed by atoms with Crippen LogP contribution < -0.4 is 10.2 Å². The van der Waals surface area contributed by atoms with E-state index in [0.29, 0.717) is 35.0 Å². The van der Waals surface area contributed by atoms with Gasteiger partial charge in [-0.15, -0.1) is 0 Å². The van der Waals surface area contributed by atoms with Crippen LogP contribution in [0.15, 0.2) is 59.1 Å². The Morgan fingerprint density at radius 1 is 1.19 bits per heavy atom. The van der Waals surface area contributed by atoms with Crippen molar-refractivity contribution >= 4 is 23.2 Å². The second-order valence-electron chi connectivity index (χ2n) is 6.17. The van der Waals surface area contributed by atoms with Crippen LogP contribution in [0.3, 0.4) is 0 Å². The molecule has 1 N–H and O–H groups in total. The summed E-state index contributed by atoms with van der Waals surface area (Å²) >= 11 is 0. The van der Waals surface area contributed by atoms with Crippen LogP contribution >= 0.6 is 0 Å². The maximum Gasteiger partial charge on any atom is 0.244 e. The lowest BCUT2D eigenvalue weighted by Crippen LogP contribution is -2.42. The number of fused-ring (bicyclic) bond motifs is 1. The minimum atomic E-state index is -0.324. The van der Waals surface area contributed by atoms with Gasteiger partial charge in [-0.05, 0) is 36.4 Å². The molecule has 0 atom stereocenters. The van der Waals surface area contributed by atoms with Crippen molar-refractivity contribution in [1.82, 2.24) is 4.98 Å². The average molecular weight is 365 g/mol. The van der Waals surface area contributed by atoms with Crippen molar-refractivity contribution in [3.8, 4) is 11.3 Å². The van der Waals surface area contributed by atoms with Crippen LogP contribution in [0.5, 0.6) is 0 Å². The van der Waals surface area contributed by atoms with Gasteiger partial charge in [0.15, 0.2) is 11.7 Å². The van der Waals surface area contributed by atoms with Crippen molar-refractivity contribution in [2.45, 2.75) is 12.8 Å². The fraction of sp³-hybridized carbons (Fsp3) is 0.150. The number of para-hydroxylation sites is 2. The van der Waals surface area contributed by atoms with Crippen LogP contribution in [0, 0.1) is 5.82 Å². The molecule has 0 aliphatic carbocycles. The Morgan fingerprint density at radius 3 is 2.78 bits per heavy atom. The van der Waals surface area contributed by atoms with E-state index in [1.165, 1.54) is 17.0 Å². The van der Waals surface area contributed by atoms with Gasteiger partial charge in [-0.1, -0.05) is 12.1 Å². The van der Waals surface area contributed by atoms with Crippen LogP contribution in [0.1, 0.15) is 12.3 Å². The molecular formula is C20H16FN3O3. The summed E-state index contributed by atoms with van der Waals surface area (Å²) in [6, 6.07) is 13.1. The SMILES string of the molecule is O=C1CN(C(=O)CCc2ncc(-c3ccc(F)cc3)o2)c2ccccc2N1.